The van der Waals surface area contributed by atoms with E-state index in [4.69, 9.17) is 9.97 Å². The number of fused-ring (bicyclic) bond motifs is 6. The highest BCUT2D eigenvalue weighted by Crippen LogP contribution is 2.51. The minimum Gasteiger partial charge on any atom is -0.309 e. The van der Waals surface area contributed by atoms with Crippen molar-refractivity contribution < 1.29 is 0 Å². The maximum atomic E-state index is 9.59. The zero-order valence-corrected chi connectivity index (χ0v) is 26.6. The molecule has 0 bridgehead atoms. The third kappa shape index (κ3) is 4.29. The standard InChI is InChI=1S/C44H30N4/c1-44(2)37-20-8-6-18-33(37)35-24-36-34-19-7-9-21-41(34)48(42(36)25-38(35)44)32-17-11-16-31(23-32)43-46-39(29-13-4-3-5-14-29)26-40(47-43)30-15-10-12-28(22-30)27-45/h3-26H,1-2H3. The molecular formula is C44H30N4. The van der Waals surface area contributed by atoms with E-state index in [1.165, 1.54) is 38.5 Å². The molecule has 0 unspecified atom stereocenters. The normalized spacial score (nSPS) is 12.9. The quantitative estimate of drug-likeness (QED) is 0.198. The lowest BCUT2D eigenvalue weighted by atomic mass is 9.82. The lowest BCUT2D eigenvalue weighted by Gasteiger charge is -2.21. The van der Waals surface area contributed by atoms with Crippen LogP contribution in [0.2, 0.25) is 0 Å². The Morgan fingerprint density at radius 2 is 1.25 bits per heavy atom. The summed E-state index contributed by atoms with van der Waals surface area (Å²) in [5.74, 6) is 0.633. The minimum atomic E-state index is -0.103. The average molecular weight is 615 g/mol. The molecule has 6 aromatic carbocycles. The highest BCUT2D eigenvalue weighted by molar-refractivity contribution is 6.11. The Labute approximate surface area is 279 Å². The van der Waals surface area contributed by atoms with Crippen molar-refractivity contribution in [3.8, 4) is 56.8 Å². The zero-order chi connectivity index (χ0) is 32.4. The molecule has 0 radical (unpaired) electrons. The van der Waals surface area contributed by atoms with Crippen LogP contribution < -0.4 is 0 Å². The predicted octanol–water partition coefficient (Wildman–Crippen LogP) is 10.8. The van der Waals surface area contributed by atoms with Gasteiger partial charge < -0.3 is 4.57 Å². The van der Waals surface area contributed by atoms with Gasteiger partial charge in [0.2, 0.25) is 0 Å². The summed E-state index contributed by atoms with van der Waals surface area (Å²) in [6.45, 7) is 4.66. The van der Waals surface area contributed by atoms with E-state index in [0.717, 1.165) is 39.3 Å². The van der Waals surface area contributed by atoms with E-state index in [9.17, 15) is 5.26 Å². The number of nitrogens with zero attached hydrogens (tertiary/aromatic N) is 4. The maximum absolute atomic E-state index is 9.59. The summed E-state index contributed by atoms with van der Waals surface area (Å²) in [6, 6.07) is 52.9. The van der Waals surface area contributed by atoms with Gasteiger partial charge in [-0.1, -0.05) is 111 Å². The van der Waals surface area contributed by atoms with Crippen molar-refractivity contribution in [1.29, 1.82) is 5.26 Å². The molecule has 48 heavy (non-hydrogen) atoms. The first-order chi connectivity index (χ1) is 23.5. The lowest BCUT2D eigenvalue weighted by molar-refractivity contribution is 0.661. The number of benzene rings is 6. The molecule has 0 N–H and O–H groups in total. The molecule has 0 atom stereocenters. The van der Waals surface area contributed by atoms with E-state index in [1.54, 1.807) is 0 Å². The number of para-hydroxylation sites is 1. The number of rotatable bonds is 4. The molecule has 0 saturated heterocycles. The monoisotopic (exact) mass is 614 g/mol. The molecule has 8 aromatic rings. The zero-order valence-electron chi connectivity index (χ0n) is 26.6. The van der Waals surface area contributed by atoms with E-state index >= 15 is 0 Å². The summed E-state index contributed by atoms with van der Waals surface area (Å²) < 4.78 is 2.38. The summed E-state index contributed by atoms with van der Waals surface area (Å²) in [7, 11) is 0. The van der Waals surface area contributed by atoms with E-state index in [-0.39, 0.29) is 5.41 Å². The van der Waals surface area contributed by atoms with Crippen molar-refractivity contribution in [2.24, 2.45) is 0 Å². The Kier molecular flexibility index (Phi) is 6.19. The van der Waals surface area contributed by atoms with Gasteiger partial charge in [0.1, 0.15) is 0 Å². The second-order valence-corrected chi connectivity index (χ2v) is 13.0. The molecule has 1 aliphatic rings. The SMILES string of the molecule is CC1(C)c2ccccc2-c2cc3c4ccccc4n(-c4cccc(-c5nc(-c6ccccc6)cc(-c6cccc(C#N)c6)n5)c4)c3cc21. The van der Waals surface area contributed by atoms with Gasteiger partial charge in [-0.2, -0.15) is 5.26 Å². The van der Waals surface area contributed by atoms with Gasteiger partial charge in [0, 0.05) is 38.6 Å². The smallest absolute Gasteiger partial charge is 0.160 e. The van der Waals surface area contributed by atoms with Crippen LogP contribution in [0.4, 0.5) is 0 Å². The van der Waals surface area contributed by atoms with Gasteiger partial charge in [-0.25, -0.2) is 9.97 Å². The van der Waals surface area contributed by atoms with Gasteiger partial charge in [-0.15, -0.1) is 0 Å². The van der Waals surface area contributed by atoms with E-state index < -0.39 is 0 Å². The molecule has 0 fully saturated rings. The van der Waals surface area contributed by atoms with Crippen molar-refractivity contribution in [2.45, 2.75) is 19.3 Å². The van der Waals surface area contributed by atoms with E-state index in [1.807, 2.05) is 48.5 Å². The van der Waals surface area contributed by atoms with Gasteiger partial charge in [0.05, 0.1) is 34.1 Å². The second kappa shape index (κ2) is 10.6. The van der Waals surface area contributed by atoms with Gasteiger partial charge in [-0.05, 0) is 70.8 Å². The third-order valence-corrected chi connectivity index (χ3v) is 9.82. The molecule has 0 saturated carbocycles. The second-order valence-electron chi connectivity index (χ2n) is 13.0. The minimum absolute atomic E-state index is 0.103. The molecule has 1 aliphatic carbocycles. The summed E-state index contributed by atoms with van der Waals surface area (Å²) in [6.07, 6.45) is 0. The Morgan fingerprint density at radius 1 is 0.542 bits per heavy atom. The first-order valence-electron chi connectivity index (χ1n) is 16.2. The van der Waals surface area contributed by atoms with Gasteiger partial charge in [0.25, 0.3) is 0 Å². The van der Waals surface area contributed by atoms with Crippen LogP contribution in [0, 0.1) is 11.3 Å². The number of nitriles is 1. The van der Waals surface area contributed by atoms with Crippen LogP contribution in [0.1, 0.15) is 30.5 Å². The topological polar surface area (TPSA) is 54.5 Å². The van der Waals surface area contributed by atoms with Crippen LogP contribution in [0.15, 0.2) is 146 Å². The van der Waals surface area contributed by atoms with Crippen molar-refractivity contribution in [3.05, 3.63) is 162 Å². The molecule has 4 heteroatoms. The molecule has 4 nitrogen and oxygen atoms in total. The number of hydrogen-bond acceptors (Lipinski definition) is 3. The Balaban J connectivity index is 1.26. The Hall–Kier alpha value is -6.31. The molecule has 0 aliphatic heterocycles. The fourth-order valence-corrected chi connectivity index (χ4v) is 7.45. The van der Waals surface area contributed by atoms with Crippen LogP contribution in [0.5, 0.6) is 0 Å². The molecule has 2 aromatic heterocycles. The highest BCUT2D eigenvalue weighted by atomic mass is 15.0. The lowest BCUT2D eigenvalue weighted by Crippen LogP contribution is -2.14. The van der Waals surface area contributed by atoms with Crippen LogP contribution in [-0.2, 0) is 5.41 Å². The van der Waals surface area contributed by atoms with Crippen molar-refractivity contribution in [2.75, 3.05) is 0 Å². The first kappa shape index (κ1) is 28.0. The summed E-state index contributed by atoms with van der Waals surface area (Å²) in [4.78, 5) is 10.2. The third-order valence-electron chi connectivity index (χ3n) is 9.82. The van der Waals surface area contributed by atoms with Crippen molar-refractivity contribution in [3.63, 3.8) is 0 Å². The molecule has 9 rings (SSSR count). The van der Waals surface area contributed by atoms with Gasteiger partial charge >= 0.3 is 0 Å². The van der Waals surface area contributed by atoms with E-state index in [0.29, 0.717) is 11.4 Å². The average Bonchev–Trinajstić information content (AvgIpc) is 3.59. The van der Waals surface area contributed by atoms with Gasteiger partial charge in [0.15, 0.2) is 5.82 Å². The van der Waals surface area contributed by atoms with Crippen molar-refractivity contribution >= 4 is 21.8 Å². The largest absolute Gasteiger partial charge is 0.309 e. The van der Waals surface area contributed by atoms with Crippen LogP contribution >= 0.6 is 0 Å². The molecular weight excluding hydrogens is 585 g/mol. The van der Waals surface area contributed by atoms with Crippen LogP contribution in [0.3, 0.4) is 0 Å². The van der Waals surface area contributed by atoms with E-state index in [2.05, 4.69) is 122 Å². The molecule has 0 amide bonds. The summed E-state index contributed by atoms with van der Waals surface area (Å²) in [5.41, 5.74) is 13.7. The van der Waals surface area contributed by atoms with Crippen LogP contribution in [-0.4, -0.2) is 14.5 Å². The predicted molar refractivity (Wildman–Crippen MR) is 195 cm³/mol. The Bertz CT molecular complexity index is 2600. The first-order valence-corrected chi connectivity index (χ1v) is 16.2. The Morgan fingerprint density at radius 3 is 2.10 bits per heavy atom. The molecule has 0 spiro atoms. The fourth-order valence-electron chi connectivity index (χ4n) is 7.45. The molecule has 2 heterocycles. The number of aromatic nitrogens is 3. The molecule has 226 valence electrons. The highest BCUT2D eigenvalue weighted by Gasteiger charge is 2.36. The van der Waals surface area contributed by atoms with Crippen molar-refractivity contribution in [1.82, 2.24) is 14.5 Å². The summed E-state index contributed by atoms with van der Waals surface area (Å²) >= 11 is 0. The van der Waals surface area contributed by atoms with Crippen LogP contribution in [0.25, 0.3) is 72.5 Å². The summed E-state index contributed by atoms with van der Waals surface area (Å²) in [5, 5.41) is 12.1. The van der Waals surface area contributed by atoms with Gasteiger partial charge in [-0.3, -0.25) is 0 Å². The maximum Gasteiger partial charge on any atom is 0.160 e. The number of hydrogen-bond donors (Lipinski definition) is 0. The fraction of sp³-hybridized carbons (Fsp3) is 0.0682.